The number of ether oxygens (including phenoxy) is 1. The molecule has 1 aromatic heterocycles. The van der Waals surface area contributed by atoms with E-state index in [1.807, 2.05) is 25.3 Å². The third-order valence-corrected chi connectivity index (χ3v) is 3.23. The zero-order valence-electron chi connectivity index (χ0n) is 11.7. The minimum atomic E-state index is 0.347. The second kappa shape index (κ2) is 5.89. The van der Waals surface area contributed by atoms with Crippen molar-refractivity contribution in [3.05, 3.63) is 30.1 Å². The van der Waals surface area contributed by atoms with Gasteiger partial charge in [0.05, 0.1) is 0 Å². The van der Waals surface area contributed by atoms with E-state index in [4.69, 9.17) is 10.5 Å². The molecule has 0 aliphatic carbocycles. The molecule has 0 spiro atoms. The van der Waals surface area contributed by atoms with Crippen molar-refractivity contribution < 1.29 is 4.74 Å². The molecular weight excluding hydrogens is 238 g/mol. The Morgan fingerprint density at radius 1 is 1.37 bits per heavy atom. The number of hydrogen-bond donors (Lipinski definition) is 2. The number of rotatable bonds is 5. The third kappa shape index (κ3) is 3.15. The van der Waals surface area contributed by atoms with Crippen LogP contribution < -0.4 is 11.1 Å². The van der Waals surface area contributed by atoms with Crippen LogP contribution in [0.15, 0.2) is 24.4 Å². The van der Waals surface area contributed by atoms with E-state index in [0.717, 1.165) is 40.9 Å². The first kappa shape index (κ1) is 13.6. The van der Waals surface area contributed by atoms with E-state index < -0.39 is 0 Å². The van der Waals surface area contributed by atoms with Crippen molar-refractivity contribution in [3.63, 3.8) is 0 Å². The van der Waals surface area contributed by atoms with Crippen molar-refractivity contribution in [2.75, 3.05) is 24.8 Å². The predicted molar refractivity (Wildman–Crippen MR) is 80.5 cm³/mol. The van der Waals surface area contributed by atoms with E-state index in [1.165, 1.54) is 0 Å². The number of hydrogen-bond acceptors (Lipinski definition) is 4. The largest absolute Gasteiger partial charge is 0.398 e. The SMILES string of the molecule is COCCC(C)Nc1ccc(N)c2cnc(C)cc12. The molecule has 4 nitrogen and oxygen atoms in total. The molecular formula is C15H21N3O. The fourth-order valence-corrected chi connectivity index (χ4v) is 2.12. The van der Waals surface area contributed by atoms with E-state index in [1.54, 1.807) is 7.11 Å². The molecule has 102 valence electrons. The van der Waals surface area contributed by atoms with Gasteiger partial charge in [0.1, 0.15) is 0 Å². The molecule has 4 heteroatoms. The van der Waals surface area contributed by atoms with Crippen molar-refractivity contribution >= 4 is 22.1 Å². The Morgan fingerprint density at radius 2 is 2.16 bits per heavy atom. The van der Waals surface area contributed by atoms with E-state index in [2.05, 4.69) is 23.3 Å². The predicted octanol–water partition coefficient (Wildman–Crippen LogP) is 2.96. The Morgan fingerprint density at radius 3 is 2.89 bits per heavy atom. The molecule has 0 fully saturated rings. The highest BCUT2D eigenvalue weighted by atomic mass is 16.5. The molecule has 0 aliphatic heterocycles. The number of nitrogens with one attached hydrogen (secondary N) is 1. The Labute approximate surface area is 114 Å². The maximum atomic E-state index is 6.00. The average Bonchev–Trinajstić information content (AvgIpc) is 2.39. The van der Waals surface area contributed by atoms with E-state index in [0.29, 0.717) is 6.04 Å². The number of aryl methyl sites for hydroxylation is 1. The lowest BCUT2D eigenvalue weighted by Crippen LogP contribution is -2.17. The van der Waals surface area contributed by atoms with Crippen LogP contribution in [0.25, 0.3) is 10.8 Å². The number of methoxy groups -OCH3 is 1. The summed E-state index contributed by atoms with van der Waals surface area (Å²) in [5.74, 6) is 0. The second-order valence-electron chi connectivity index (χ2n) is 4.90. The van der Waals surface area contributed by atoms with Gasteiger partial charge in [-0.2, -0.15) is 0 Å². The monoisotopic (exact) mass is 259 g/mol. The summed E-state index contributed by atoms with van der Waals surface area (Å²) >= 11 is 0. The highest BCUT2D eigenvalue weighted by Gasteiger charge is 2.08. The molecule has 0 radical (unpaired) electrons. The summed E-state index contributed by atoms with van der Waals surface area (Å²) in [6.07, 6.45) is 2.80. The first-order chi connectivity index (χ1) is 9.11. The molecule has 0 saturated heterocycles. The number of nitrogen functional groups attached to an aromatic ring is 1. The Balaban J connectivity index is 2.32. The molecule has 0 aliphatic rings. The maximum absolute atomic E-state index is 6.00. The van der Waals surface area contributed by atoms with Crippen LogP contribution in [0.1, 0.15) is 19.0 Å². The number of aromatic nitrogens is 1. The van der Waals surface area contributed by atoms with Gasteiger partial charge in [-0.25, -0.2) is 0 Å². The van der Waals surface area contributed by atoms with Crippen LogP contribution in [0.5, 0.6) is 0 Å². The molecule has 1 heterocycles. The smallest absolute Gasteiger partial charge is 0.0481 e. The maximum Gasteiger partial charge on any atom is 0.0481 e. The summed E-state index contributed by atoms with van der Waals surface area (Å²) in [6.45, 7) is 4.89. The first-order valence-corrected chi connectivity index (χ1v) is 6.52. The lowest BCUT2D eigenvalue weighted by atomic mass is 10.1. The zero-order chi connectivity index (χ0) is 13.8. The summed E-state index contributed by atoms with van der Waals surface area (Å²) in [4.78, 5) is 4.31. The van der Waals surface area contributed by atoms with Crippen LogP contribution in [-0.4, -0.2) is 24.7 Å². The molecule has 3 N–H and O–H groups in total. The van der Waals surface area contributed by atoms with Gasteiger partial charge in [0.25, 0.3) is 0 Å². The third-order valence-electron chi connectivity index (χ3n) is 3.23. The summed E-state index contributed by atoms with van der Waals surface area (Å²) in [5.41, 5.74) is 8.85. The topological polar surface area (TPSA) is 60.2 Å². The lowest BCUT2D eigenvalue weighted by Gasteiger charge is -2.17. The van der Waals surface area contributed by atoms with E-state index in [-0.39, 0.29) is 0 Å². The van der Waals surface area contributed by atoms with Crippen molar-refractivity contribution in [3.8, 4) is 0 Å². The van der Waals surface area contributed by atoms with Gasteiger partial charge < -0.3 is 15.8 Å². The highest BCUT2D eigenvalue weighted by molar-refractivity contribution is 6.00. The fourth-order valence-electron chi connectivity index (χ4n) is 2.12. The molecule has 1 aromatic carbocycles. The number of pyridine rings is 1. The molecule has 0 amide bonds. The Bertz CT molecular complexity index is 569. The van der Waals surface area contributed by atoms with Gasteiger partial charge in [-0.05, 0) is 38.5 Å². The molecule has 19 heavy (non-hydrogen) atoms. The number of nitrogens with zero attached hydrogens (tertiary/aromatic N) is 1. The van der Waals surface area contributed by atoms with Crippen molar-refractivity contribution in [2.45, 2.75) is 26.3 Å². The van der Waals surface area contributed by atoms with Gasteiger partial charge in [0.15, 0.2) is 0 Å². The fraction of sp³-hybridized carbons (Fsp3) is 0.400. The first-order valence-electron chi connectivity index (χ1n) is 6.52. The van der Waals surface area contributed by atoms with Crippen LogP contribution in [0.3, 0.4) is 0 Å². The number of nitrogens with two attached hydrogens (primary N) is 1. The van der Waals surface area contributed by atoms with Crippen molar-refractivity contribution in [2.24, 2.45) is 0 Å². The average molecular weight is 259 g/mol. The summed E-state index contributed by atoms with van der Waals surface area (Å²) in [6, 6.07) is 6.36. The molecule has 0 bridgehead atoms. The minimum Gasteiger partial charge on any atom is -0.398 e. The Kier molecular flexibility index (Phi) is 4.22. The molecule has 1 atom stereocenters. The number of benzene rings is 1. The van der Waals surface area contributed by atoms with Crippen molar-refractivity contribution in [1.29, 1.82) is 0 Å². The van der Waals surface area contributed by atoms with Crippen LogP contribution in [0.2, 0.25) is 0 Å². The lowest BCUT2D eigenvalue weighted by molar-refractivity contribution is 0.191. The number of fused-ring (bicyclic) bond motifs is 1. The van der Waals surface area contributed by atoms with Gasteiger partial charge in [-0.1, -0.05) is 0 Å². The van der Waals surface area contributed by atoms with Gasteiger partial charge >= 0.3 is 0 Å². The zero-order valence-corrected chi connectivity index (χ0v) is 11.7. The van der Waals surface area contributed by atoms with Crippen LogP contribution >= 0.6 is 0 Å². The molecule has 2 rings (SSSR count). The number of anilines is 2. The van der Waals surface area contributed by atoms with E-state index in [9.17, 15) is 0 Å². The van der Waals surface area contributed by atoms with Crippen LogP contribution in [0.4, 0.5) is 11.4 Å². The normalized spacial score (nSPS) is 12.6. The van der Waals surface area contributed by atoms with Gasteiger partial charge in [0, 0.05) is 53.8 Å². The molecule has 2 aromatic rings. The summed E-state index contributed by atoms with van der Waals surface area (Å²) in [5, 5.41) is 5.63. The van der Waals surface area contributed by atoms with Crippen LogP contribution in [0, 0.1) is 6.92 Å². The summed E-state index contributed by atoms with van der Waals surface area (Å²) < 4.78 is 5.11. The minimum absolute atomic E-state index is 0.347. The molecule has 1 unspecified atom stereocenters. The Hall–Kier alpha value is -1.81. The van der Waals surface area contributed by atoms with E-state index >= 15 is 0 Å². The molecule has 0 saturated carbocycles. The van der Waals surface area contributed by atoms with Gasteiger partial charge in [-0.3, -0.25) is 4.98 Å². The van der Waals surface area contributed by atoms with Gasteiger partial charge in [0.2, 0.25) is 0 Å². The quantitative estimate of drug-likeness (QED) is 0.810. The van der Waals surface area contributed by atoms with Gasteiger partial charge in [-0.15, -0.1) is 0 Å². The second-order valence-corrected chi connectivity index (χ2v) is 4.90. The van der Waals surface area contributed by atoms with Crippen LogP contribution in [-0.2, 0) is 4.74 Å². The summed E-state index contributed by atoms with van der Waals surface area (Å²) in [7, 11) is 1.72. The van der Waals surface area contributed by atoms with Crippen molar-refractivity contribution in [1.82, 2.24) is 4.98 Å². The standard InChI is InChI=1S/C15H21N3O/c1-10(6-7-19-3)18-15-5-4-14(16)13-9-17-11(2)8-12(13)15/h4-5,8-10,18H,6-7,16H2,1-3H3. The highest BCUT2D eigenvalue weighted by Crippen LogP contribution is 2.28.